The summed E-state index contributed by atoms with van der Waals surface area (Å²) < 4.78 is 9.92. The number of amides is 1. The van der Waals surface area contributed by atoms with Crippen LogP contribution in [0.4, 0.5) is 0 Å². The number of thioether (sulfide) groups is 1. The lowest BCUT2D eigenvalue weighted by molar-refractivity contribution is -0.137. The molecule has 1 unspecified atom stereocenters. The van der Waals surface area contributed by atoms with Crippen LogP contribution in [0, 0.1) is 11.3 Å². The predicted molar refractivity (Wildman–Crippen MR) is 85.6 cm³/mol. The molecule has 1 aromatic rings. The minimum atomic E-state index is -0.423. The van der Waals surface area contributed by atoms with Crippen LogP contribution < -0.4 is 10.1 Å². The molecule has 0 bridgehead atoms. The molecule has 1 aliphatic rings. The van der Waals surface area contributed by atoms with Crippen molar-refractivity contribution in [2.75, 3.05) is 20.0 Å². The average Bonchev–Trinajstić information content (AvgIpc) is 2.58. The van der Waals surface area contributed by atoms with E-state index < -0.39 is 11.9 Å². The number of carbonyl (C=O) groups excluding carboxylic acids is 2. The van der Waals surface area contributed by atoms with E-state index in [9.17, 15) is 14.9 Å². The quantitative estimate of drug-likeness (QED) is 0.829. The van der Waals surface area contributed by atoms with E-state index in [1.807, 2.05) is 18.2 Å². The number of ether oxygens (including phenoxy) is 2. The van der Waals surface area contributed by atoms with Crippen molar-refractivity contribution >= 4 is 23.6 Å². The maximum absolute atomic E-state index is 12.0. The zero-order chi connectivity index (χ0) is 16.8. The lowest BCUT2D eigenvalue weighted by Crippen LogP contribution is -2.31. The standard InChI is InChI=1S/C16H16N2O4S/c1-21-13-6-4-3-5-10(13)11-7-14(19)18-16(12(11)8-17)23-9-15(20)22-2/h3-6,11H,7,9H2,1-2H3,(H,18,19). The Morgan fingerprint density at radius 2 is 2.17 bits per heavy atom. The molecule has 0 aliphatic carbocycles. The molecular weight excluding hydrogens is 316 g/mol. The Morgan fingerprint density at radius 3 is 2.83 bits per heavy atom. The van der Waals surface area contributed by atoms with E-state index in [2.05, 4.69) is 16.1 Å². The number of nitrogens with one attached hydrogen (secondary N) is 1. The second-order valence-electron chi connectivity index (χ2n) is 4.77. The highest BCUT2D eigenvalue weighted by atomic mass is 32.2. The predicted octanol–water partition coefficient (Wildman–Crippen LogP) is 1.94. The number of carbonyl (C=O) groups is 2. The summed E-state index contributed by atoms with van der Waals surface area (Å²) in [4.78, 5) is 23.3. The number of allylic oxidation sites excluding steroid dienone is 1. The highest BCUT2D eigenvalue weighted by molar-refractivity contribution is 8.03. The Labute approximate surface area is 138 Å². The van der Waals surface area contributed by atoms with Crippen LogP contribution in [0.1, 0.15) is 17.9 Å². The number of hydrogen-bond acceptors (Lipinski definition) is 6. The number of rotatable bonds is 5. The first-order chi connectivity index (χ1) is 11.1. The van der Waals surface area contributed by atoms with Gasteiger partial charge in [-0.05, 0) is 6.07 Å². The fourth-order valence-electron chi connectivity index (χ4n) is 2.34. The number of benzene rings is 1. The molecule has 1 atom stereocenters. The molecule has 23 heavy (non-hydrogen) atoms. The molecule has 6 nitrogen and oxygen atoms in total. The van der Waals surface area contributed by atoms with Crippen molar-refractivity contribution in [1.29, 1.82) is 5.26 Å². The van der Waals surface area contributed by atoms with Crippen molar-refractivity contribution < 1.29 is 19.1 Å². The largest absolute Gasteiger partial charge is 0.496 e. The van der Waals surface area contributed by atoms with Crippen LogP contribution in [0.3, 0.4) is 0 Å². The van der Waals surface area contributed by atoms with Crippen molar-refractivity contribution in [2.45, 2.75) is 12.3 Å². The van der Waals surface area contributed by atoms with Gasteiger partial charge in [0.2, 0.25) is 5.91 Å². The van der Waals surface area contributed by atoms with Crippen molar-refractivity contribution in [3.05, 3.63) is 40.4 Å². The molecule has 0 saturated carbocycles. The van der Waals surface area contributed by atoms with Gasteiger partial charge in [-0.2, -0.15) is 5.26 Å². The number of methoxy groups -OCH3 is 2. The van der Waals surface area contributed by atoms with E-state index >= 15 is 0 Å². The van der Waals surface area contributed by atoms with Gasteiger partial charge in [-0.1, -0.05) is 30.0 Å². The molecule has 0 radical (unpaired) electrons. The monoisotopic (exact) mass is 332 g/mol. The van der Waals surface area contributed by atoms with Crippen LogP contribution in [-0.2, 0) is 14.3 Å². The SMILES string of the molecule is COC(=O)CSC1=C(C#N)C(c2ccccc2OC)CC(=O)N1. The highest BCUT2D eigenvalue weighted by Gasteiger charge is 2.31. The number of nitrogens with zero attached hydrogens (tertiary/aromatic N) is 1. The summed E-state index contributed by atoms with van der Waals surface area (Å²) in [6.45, 7) is 0. The van der Waals surface area contributed by atoms with Crippen molar-refractivity contribution in [1.82, 2.24) is 5.32 Å². The topological polar surface area (TPSA) is 88.4 Å². The number of hydrogen-bond donors (Lipinski definition) is 1. The van der Waals surface area contributed by atoms with E-state index in [-0.39, 0.29) is 18.1 Å². The molecule has 7 heteroatoms. The van der Waals surface area contributed by atoms with E-state index in [4.69, 9.17) is 4.74 Å². The lowest BCUT2D eigenvalue weighted by Gasteiger charge is -2.26. The molecule has 1 amide bonds. The second kappa shape index (κ2) is 7.70. The molecule has 2 rings (SSSR count). The van der Waals surface area contributed by atoms with Gasteiger partial charge in [0.05, 0.1) is 36.6 Å². The van der Waals surface area contributed by atoms with Crippen LogP contribution in [0.15, 0.2) is 34.9 Å². The molecule has 0 saturated heterocycles. The van der Waals surface area contributed by atoms with E-state index in [1.54, 1.807) is 13.2 Å². The Morgan fingerprint density at radius 1 is 1.43 bits per heavy atom. The maximum atomic E-state index is 12.0. The fourth-order valence-corrected chi connectivity index (χ4v) is 3.25. The molecule has 0 aromatic heterocycles. The molecule has 1 aliphatic heterocycles. The third-order valence-electron chi connectivity index (χ3n) is 3.43. The number of para-hydroxylation sites is 1. The Balaban J connectivity index is 2.39. The number of nitriles is 1. The van der Waals surface area contributed by atoms with E-state index in [1.165, 1.54) is 7.11 Å². The van der Waals surface area contributed by atoms with Crippen LogP contribution in [0.2, 0.25) is 0 Å². The zero-order valence-electron chi connectivity index (χ0n) is 12.8. The summed E-state index contributed by atoms with van der Waals surface area (Å²) in [5, 5.41) is 12.6. The van der Waals surface area contributed by atoms with Gasteiger partial charge >= 0.3 is 5.97 Å². The van der Waals surface area contributed by atoms with Gasteiger partial charge in [-0.15, -0.1) is 0 Å². The first kappa shape index (κ1) is 16.9. The number of esters is 1. The minimum absolute atomic E-state index is 0.0237. The van der Waals surface area contributed by atoms with Crippen LogP contribution >= 0.6 is 11.8 Å². The van der Waals surface area contributed by atoms with Crippen LogP contribution in [0.5, 0.6) is 5.75 Å². The molecule has 1 N–H and O–H groups in total. The van der Waals surface area contributed by atoms with Gasteiger partial charge in [-0.3, -0.25) is 9.59 Å². The molecule has 1 aromatic carbocycles. The molecule has 120 valence electrons. The smallest absolute Gasteiger partial charge is 0.316 e. The summed E-state index contributed by atoms with van der Waals surface area (Å²) >= 11 is 1.09. The molecule has 1 heterocycles. The van der Waals surface area contributed by atoms with Gasteiger partial charge in [0.1, 0.15) is 5.75 Å². The third kappa shape index (κ3) is 3.85. The molecular formula is C16H16N2O4S. The van der Waals surface area contributed by atoms with Crippen LogP contribution in [-0.4, -0.2) is 31.8 Å². The summed E-state index contributed by atoms with van der Waals surface area (Å²) in [7, 11) is 2.84. The first-order valence-electron chi connectivity index (χ1n) is 6.87. The Hall–Kier alpha value is -2.46. The molecule has 0 spiro atoms. The third-order valence-corrected chi connectivity index (χ3v) is 4.42. The Bertz CT molecular complexity index is 694. The van der Waals surface area contributed by atoms with Gasteiger partial charge in [0, 0.05) is 17.9 Å². The summed E-state index contributed by atoms with van der Waals surface area (Å²) in [5.41, 5.74) is 1.19. The lowest BCUT2D eigenvalue weighted by atomic mass is 9.86. The zero-order valence-corrected chi connectivity index (χ0v) is 13.6. The minimum Gasteiger partial charge on any atom is -0.496 e. The highest BCUT2D eigenvalue weighted by Crippen LogP contribution is 2.39. The average molecular weight is 332 g/mol. The van der Waals surface area contributed by atoms with Crippen LogP contribution in [0.25, 0.3) is 0 Å². The summed E-state index contributed by atoms with van der Waals surface area (Å²) in [6, 6.07) is 9.44. The van der Waals surface area contributed by atoms with Crippen molar-refractivity contribution in [3.8, 4) is 11.8 Å². The van der Waals surface area contributed by atoms with Crippen molar-refractivity contribution in [3.63, 3.8) is 0 Å². The van der Waals surface area contributed by atoms with E-state index in [0.717, 1.165) is 17.3 Å². The first-order valence-corrected chi connectivity index (χ1v) is 7.86. The van der Waals surface area contributed by atoms with Crippen molar-refractivity contribution in [2.24, 2.45) is 0 Å². The van der Waals surface area contributed by atoms with Gasteiger partial charge in [-0.25, -0.2) is 0 Å². The second-order valence-corrected chi connectivity index (χ2v) is 5.75. The van der Waals surface area contributed by atoms with Gasteiger partial charge in [0.25, 0.3) is 0 Å². The van der Waals surface area contributed by atoms with Gasteiger partial charge < -0.3 is 14.8 Å². The Kier molecular flexibility index (Phi) is 5.66. The summed E-state index contributed by atoms with van der Waals surface area (Å²) in [6.07, 6.45) is 0.158. The van der Waals surface area contributed by atoms with Gasteiger partial charge in [0.15, 0.2) is 0 Å². The molecule has 0 fully saturated rings. The van der Waals surface area contributed by atoms with E-state index in [0.29, 0.717) is 16.4 Å². The normalized spacial score (nSPS) is 17.3. The summed E-state index contributed by atoms with van der Waals surface area (Å²) in [5.74, 6) is -0.376. The fraction of sp³-hybridized carbons (Fsp3) is 0.312. The maximum Gasteiger partial charge on any atom is 0.316 e.